The van der Waals surface area contributed by atoms with Gasteiger partial charge in [-0.15, -0.1) is 0 Å². The van der Waals surface area contributed by atoms with E-state index in [2.05, 4.69) is 10.1 Å². The Morgan fingerprint density at radius 2 is 1.62 bits per heavy atom. The molecule has 0 fully saturated rings. The zero-order valence-electron chi connectivity index (χ0n) is 17.3. The topological polar surface area (TPSA) is 124 Å². The predicted molar refractivity (Wildman–Crippen MR) is 110 cm³/mol. The third-order valence-corrected chi connectivity index (χ3v) is 4.07. The number of esters is 2. The lowest BCUT2D eigenvalue weighted by molar-refractivity contribution is -0.202. The second kappa shape index (κ2) is 10.5. The lowest BCUT2D eigenvalue weighted by Gasteiger charge is -2.21. The third kappa shape index (κ3) is 6.37. The number of halogens is 3. The average Bonchev–Trinajstić information content (AvgIpc) is 2.73. The van der Waals surface area contributed by atoms with Gasteiger partial charge in [0, 0.05) is 11.3 Å². The summed E-state index contributed by atoms with van der Waals surface area (Å²) in [6.07, 6.45) is -5.33. The highest BCUT2D eigenvalue weighted by atomic mass is 19.4. The fourth-order valence-corrected chi connectivity index (χ4v) is 2.65. The molecular weight excluding hydrogens is 431 g/mol. The third-order valence-electron chi connectivity index (χ3n) is 4.07. The van der Waals surface area contributed by atoms with Crippen LogP contribution >= 0.6 is 0 Å². The summed E-state index contributed by atoms with van der Waals surface area (Å²) >= 11 is 0. The molecule has 0 radical (unpaired) electrons. The minimum Gasteiger partial charge on any atom is -0.490 e. The molecule has 0 heterocycles. The molecule has 32 heavy (non-hydrogen) atoms. The van der Waals surface area contributed by atoms with Gasteiger partial charge in [-0.1, -0.05) is 6.07 Å². The maximum atomic E-state index is 12.6. The highest BCUT2D eigenvalue weighted by Crippen LogP contribution is 2.33. The van der Waals surface area contributed by atoms with Crippen LogP contribution in [-0.4, -0.2) is 37.2 Å². The van der Waals surface area contributed by atoms with Crippen LogP contribution in [0.25, 0.3) is 0 Å². The van der Waals surface area contributed by atoms with Gasteiger partial charge in [0.05, 0.1) is 13.2 Å². The summed E-state index contributed by atoms with van der Waals surface area (Å²) in [5.41, 5.74) is 6.29. The molecule has 0 saturated carbocycles. The Balaban J connectivity index is 2.42. The van der Waals surface area contributed by atoms with E-state index in [1.807, 2.05) is 0 Å². The second-order valence-electron chi connectivity index (χ2n) is 6.35. The molecule has 2 rings (SSSR count). The summed E-state index contributed by atoms with van der Waals surface area (Å²) in [7, 11) is 0. The number of rotatable bonds is 9. The van der Waals surface area contributed by atoms with Gasteiger partial charge in [0.2, 0.25) is 0 Å². The van der Waals surface area contributed by atoms with Crippen molar-refractivity contribution in [2.75, 3.05) is 18.5 Å². The highest BCUT2D eigenvalue weighted by Gasteiger charge is 2.43. The molecule has 11 heteroatoms. The van der Waals surface area contributed by atoms with Gasteiger partial charge in [0.15, 0.2) is 17.5 Å². The molecule has 0 aliphatic carbocycles. The zero-order chi connectivity index (χ0) is 23.9. The lowest BCUT2D eigenvalue weighted by Crippen LogP contribution is -2.32. The van der Waals surface area contributed by atoms with E-state index in [9.17, 15) is 22.8 Å². The van der Waals surface area contributed by atoms with Crippen LogP contribution in [0.5, 0.6) is 11.5 Å². The summed E-state index contributed by atoms with van der Waals surface area (Å²) in [4.78, 5) is 23.7. The van der Waals surface area contributed by atoms with Crippen LogP contribution < -0.4 is 20.5 Å². The molecular formula is C21H22F3N3O5. The number of nitrogens with two attached hydrogens (primary N) is 1. The van der Waals surface area contributed by atoms with E-state index >= 15 is 0 Å². The first-order valence-corrected chi connectivity index (χ1v) is 9.50. The van der Waals surface area contributed by atoms with Gasteiger partial charge in [-0.2, -0.15) is 13.2 Å². The maximum absolute atomic E-state index is 12.6. The summed E-state index contributed by atoms with van der Waals surface area (Å²) in [6.45, 7) is 4.10. The lowest BCUT2D eigenvalue weighted by atomic mass is 10.1. The van der Waals surface area contributed by atoms with Crippen molar-refractivity contribution >= 4 is 23.5 Å². The average molecular weight is 453 g/mol. The van der Waals surface area contributed by atoms with Gasteiger partial charge in [0.25, 0.3) is 0 Å². The van der Waals surface area contributed by atoms with Gasteiger partial charge < -0.3 is 25.3 Å². The Bertz CT molecular complexity index is 978. The quantitative estimate of drug-likeness (QED) is 0.230. The van der Waals surface area contributed by atoms with E-state index in [1.165, 1.54) is 42.5 Å². The van der Waals surface area contributed by atoms with Crippen molar-refractivity contribution in [3.05, 3.63) is 53.6 Å². The van der Waals surface area contributed by atoms with Gasteiger partial charge in [-0.3, -0.25) is 5.41 Å². The number of hydrogen-bond donors (Lipinski definition) is 3. The largest absolute Gasteiger partial charge is 0.491 e. The van der Waals surface area contributed by atoms with E-state index in [0.717, 1.165) is 0 Å². The fourth-order valence-electron chi connectivity index (χ4n) is 2.65. The molecule has 0 aliphatic heterocycles. The standard InChI is InChI=1S/C21H22F3N3O5/c1-3-30-15-10-7-13(11-16(15)31-4-2)17(19(28)32-20(29)21(22,23)24)27-14-8-5-12(6-9-14)18(25)26/h5-11,17,27H,3-4H2,1-2H3,(H3,25,26). The summed E-state index contributed by atoms with van der Waals surface area (Å²) in [5, 5.41) is 10.2. The first kappa shape index (κ1) is 24.5. The molecule has 0 aromatic heterocycles. The fraction of sp³-hybridized carbons (Fsp3) is 0.286. The molecule has 2 aromatic rings. The van der Waals surface area contributed by atoms with E-state index < -0.39 is 24.2 Å². The van der Waals surface area contributed by atoms with E-state index in [-0.39, 0.29) is 23.8 Å². The highest BCUT2D eigenvalue weighted by molar-refractivity contribution is 5.95. The molecule has 2 aromatic carbocycles. The molecule has 4 N–H and O–H groups in total. The first-order valence-electron chi connectivity index (χ1n) is 9.50. The number of amidine groups is 1. The number of carbonyl (C=O) groups excluding carboxylic acids is 2. The van der Waals surface area contributed by atoms with Crippen molar-refractivity contribution in [3.63, 3.8) is 0 Å². The van der Waals surface area contributed by atoms with Gasteiger partial charge in [-0.05, 0) is 55.8 Å². The normalized spacial score (nSPS) is 11.9. The Morgan fingerprint density at radius 3 is 2.16 bits per heavy atom. The molecule has 1 atom stereocenters. The Labute approximate surface area is 182 Å². The molecule has 0 aliphatic rings. The first-order chi connectivity index (χ1) is 15.1. The van der Waals surface area contributed by atoms with E-state index in [4.69, 9.17) is 20.6 Å². The van der Waals surface area contributed by atoms with Crippen molar-refractivity contribution in [2.24, 2.45) is 5.73 Å². The second-order valence-corrected chi connectivity index (χ2v) is 6.35. The Kier molecular flexibility index (Phi) is 8.05. The van der Waals surface area contributed by atoms with Crippen molar-refractivity contribution in [3.8, 4) is 11.5 Å². The van der Waals surface area contributed by atoms with Gasteiger partial charge >= 0.3 is 18.1 Å². The number of carbonyl (C=O) groups is 2. The van der Waals surface area contributed by atoms with Crippen LogP contribution in [0, 0.1) is 5.41 Å². The van der Waals surface area contributed by atoms with Crippen LogP contribution in [0.4, 0.5) is 18.9 Å². The summed E-state index contributed by atoms with van der Waals surface area (Å²) in [5.74, 6) is -3.63. The number of anilines is 1. The summed E-state index contributed by atoms with van der Waals surface area (Å²) in [6, 6.07) is 8.77. The summed E-state index contributed by atoms with van der Waals surface area (Å²) < 4.78 is 52.8. The van der Waals surface area contributed by atoms with Crippen LogP contribution in [0.15, 0.2) is 42.5 Å². The Morgan fingerprint density at radius 1 is 1.03 bits per heavy atom. The molecule has 8 nitrogen and oxygen atoms in total. The van der Waals surface area contributed by atoms with E-state index in [1.54, 1.807) is 13.8 Å². The predicted octanol–water partition coefficient (Wildman–Crippen LogP) is 3.55. The van der Waals surface area contributed by atoms with Gasteiger partial charge in [0.1, 0.15) is 5.84 Å². The van der Waals surface area contributed by atoms with Crippen molar-refractivity contribution < 1.29 is 37.0 Å². The minimum atomic E-state index is -5.33. The maximum Gasteiger partial charge on any atom is 0.491 e. The zero-order valence-corrected chi connectivity index (χ0v) is 17.3. The van der Waals surface area contributed by atoms with Crippen molar-refractivity contribution in [1.82, 2.24) is 0 Å². The molecule has 1 unspecified atom stereocenters. The number of alkyl halides is 3. The molecule has 0 spiro atoms. The molecule has 0 amide bonds. The molecule has 0 bridgehead atoms. The van der Waals surface area contributed by atoms with Crippen molar-refractivity contribution in [2.45, 2.75) is 26.1 Å². The number of nitrogen functional groups attached to an aromatic ring is 1. The molecule has 0 saturated heterocycles. The minimum absolute atomic E-state index is 0.174. The van der Waals surface area contributed by atoms with Crippen molar-refractivity contribution in [1.29, 1.82) is 5.41 Å². The van der Waals surface area contributed by atoms with Crippen LogP contribution in [0.2, 0.25) is 0 Å². The number of nitrogens with one attached hydrogen (secondary N) is 2. The van der Waals surface area contributed by atoms with Crippen LogP contribution in [0.1, 0.15) is 31.0 Å². The smallest absolute Gasteiger partial charge is 0.490 e. The SMILES string of the molecule is CCOc1ccc(C(Nc2ccc(C(=N)N)cc2)C(=O)OC(=O)C(F)(F)F)cc1OCC. The van der Waals surface area contributed by atoms with Crippen LogP contribution in [-0.2, 0) is 14.3 Å². The number of ether oxygens (including phenoxy) is 3. The monoisotopic (exact) mass is 453 g/mol. The molecule has 172 valence electrons. The van der Waals surface area contributed by atoms with Crippen LogP contribution in [0.3, 0.4) is 0 Å². The van der Waals surface area contributed by atoms with Gasteiger partial charge in [-0.25, -0.2) is 9.59 Å². The Hall–Kier alpha value is -3.76. The number of hydrogen-bond acceptors (Lipinski definition) is 7. The van der Waals surface area contributed by atoms with E-state index in [0.29, 0.717) is 23.6 Å². The number of benzene rings is 2.